The molecule has 0 aromatic carbocycles. The molecule has 0 bridgehead atoms. The minimum Gasteiger partial charge on any atom is -0.334 e. The molecular formula is C12H16ClN3O. The molecular weight excluding hydrogens is 238 g/mol. The van der Waals surface area contributed by atoms with Crippen molar-refractivity contribution in [1.29, 1.82) is 0 Å². The molecule has 1 saturated heterocycles. The molecule has 0 N–H and O–H groups in total. The van der Waals surface area contributed by atoms with Crippen molar-refractivity contribution < 1.29 is 4.79 Å². The van der Waals surface area contributed by atoms with E-state index in [2.05, 4.69) is 16.9 Å². The minimum atomic E-state index is -0.0495. The third-order valence-electron chi connectivity index (χ3n) is 3.18. The van der Waals surface area contributed by atoms with Gasteiger partial charge in [-0.15, -0.1) is 0 Å². The van der Waals surface area contributed by atoms with Crippen molar-refractivity contribution in [3.8, 4) is 0 Å². The number of hydrogen-bond donors (Lipinski definition) is 0. The summed E-state index contributed by atoms with van der Waals surface area (Å²) in [5.41, 5.74) is 0.345. The highest BCUT2D eigenvalue weighted by Crippen LogP contribution is 2.21. The summed E-state index contributed by atoms with van der Waals surface area (Å²) in [6, 6.07) is 0.331. The highest BCUT2D eigenvalue weighted by molar-refractivity contribution is 6.29. The van der Waals surface area contributed by atoms with E-state index in [-0.39, 0.29) is 11.1 Å². The van der Waals surface area contributed by atoms with E-state index in [1.165, 1.54) is 18.8 Å². The summed E-state index contributed by atoms with van der Waals surface area (Å²) in [4.78, 5) is 22.1. The molecule has 4 nitrogen and oxygen atoms in total. The van der Waals surface area contributed by atoms with Crippen LogP contribution in [0, 0.1) is 0 Å². The van der Waals surface area contributed by atoms with E-state index >= 15 is 0 Å². The number of carbonyl (C=O) groups is 1. The maximum atomic E-state index is 12.3. The van der Waals surface area contributed by atoms with Gasteiger partial charge in [0.25, 0.3) is 5.91 Å². The van der Waals surface area contributed by atoms with Gasteiger partial charge in [-0.25, -0.2) is 4.98 Å². The maximum Gasteiger partial charge on any atom is 0.274 e. The molecule has 1 amide bonds. The molecule has 0 spiro atoms. The lowest BCUT2D eigenvalue weighted by Gasteiger charge is -2.34. The predicted octanol–water partition coefficient (Wildman–Crippen LogP) is 2.53. The maximum absolute atomic E-state index is 12.3. The van der Waals surface area contributed by atoms with Crippen molar-refractivity contribution in [3.63, 3.8) is 0 Å². The molecule has 2 rings (SSSR count). The standard InChI is InChI=1S/C12H16ClN3O/c1-2-9-5-3-4-6-16(9)12(17)10-7-14-8-11(13)15-10/h7-9H,2-6H2,1H3. The number of aromatic nitrogens is 2. The SMILES string of the molecule is CCC1CCCCN1C(=O)c1cncc(Cl)n1. The topological polar surface area (TPSA) is 46.1 Å². The zero-order valence-corrected chi connectivity index (χ0v) is 10.7. The van der Waals surface area contributed by atoms with Crippen molar-refractivity contribution in [2.45, 2.75) is 38.6 Å². The largest absolute Gasteiger partial charge is 0.334 e. The Labute approximate surface area is 106 Å². The van der Waals surface area contributed by atoms with Gasteiger partial charge in [-0.05, 0) is 25.7 Å². The Balaban J connectivity index is 2.18. The van der Waals surface area contributed by atoms with Gasteiger partial charge in [0.2, 0.25) is 0 Å². The molecule has 0 radical (unpaired) electrons. The van der Waals surface area contributed by atoms with E-state index < -0.39 is 0 Å². The monoisotopic (exact) mass is 253 g/mol. The second-order valence-electron chi connectivity index (χ2n) is 4.28. The lowest BCUT2D eigenvalue weighted by molar-refractivity contribution is 0.0601. The number of likely N-dealkylation sites (tertiary alicyclic amines) is 1. The molecule has 0 saturated carbocycles. The molecule has 17 heavy (non-hydrogen) atoms. The molecule has 1 fully saturated rings. The van der Waals surface area contributed by atoms with Crippen LogP contribution in [-0.2, 0) is 0 Å². The average molecular weight is 254 g/mol. The molecule has 0 aliphatic carbocycles. The Morgan fingerprint density at radius 2 is 2.35 bits per heavy atom. The first-order valence-corrected chi connectivity index (χ1v) is 6.38. The van der Waals surface area contributed by atoms with Gasteiger partial charge < -0.3 is 4.90 Å². The van der Waals surface area contributed by atoms with Gasteiger partial charge >= 0.3 is 0 Å². The summed E-state index contributed by atoms with van der Waals surface area (Å²) in [6.07, 6.45) is 7.25. The van der Waals surface area contributed by atoms with Gasteiger partial charge in [-0.2, -0.15) is 0 Å². The fourth-order valence-electron chi connectivity index (χ4n) is 2.28. The number of halogens is 1. The van der Waals surface area contributed by atoms with Crippen molar-refractivity contribution >= 4 is 17.5 Å². The second-order valence-corrected chi connectivity index (χ2v) is 4.67. The third kappa shape index (κ3) is 2.75. The number of amides is 1. The molecule has 1 aromatic rings. The number of piperidine rings is 1. The first kappa shape index (κ1) is 12.3. The first-order chi connectivity index (χ1) is 8.22. The van der Waals surface area contributed by atoms with Crippen LogP contribution in [0.25, 0.3) is 0 Å². The van der Waals surface area contributed by atoms with Crippen molar-refractivity contribution in [2.75, 3.05) is 6.54 Å². The minimum absolute atomic E-state index is 0.0495. The van der Waals surface area contributed by atoms with Gasteiger partial charge in [-0.1, -0.05) is 18.5 Å². The number of nitrogens with zero attached hydrogens (tertiary/aromatic N) is 3. The molecule has 2 heterocycles. The zero-order valence-electron chi connectivity index (χ0n) is 9.90. The highest BCUT2D eigenvalue weighted by atomic mass is 35.5. The molecule has 1 atom stereocenters. The molecule has 1 aliphatic heterocycles. The molecule has 1 unspecified atom stereocenters. The number of hydrogen-bond acceptors (Lipinski definition) is 3. The summed E-state index contributed by atoms with van der Waals surface area (Å²) in [7, 11) is 0. The normalized spacial score (nSPS) is 20.4. The van der Waals surface area contributed by atoms with E-state index in [0.717, 1.165) is 25.8 Å². The Morgan fingerprint density at radius 3 is 3.06 bits per heavy atom. The van der Waals surface area contributed by atoms with Crippen LogP contribution in [0.4, 0.5) is 0 Å². The van der Waals surface area contributed by atoms with Crippen LogP contribution in [0.2, 0.25) is 5.15 Å². The van der Waals surface area contributed by atoms with Crippen LogP contribution in [0.5, 0.6) is 0 Å². The number of rotatable bonds is 2. The van der Waals surface area contributed by atoms with Crippen molar-refractivity contribution in [2.24, 2.45) is 0 Å². The highest BCUT2D eigenvalue weighted by Gasteiger charge is 2.27. The van der Waals surface area contributed by atoms with E-state index in [9.17, 15) is 4.79 Å². The van der Waals surface area contributed by atoms with Crippen LogP contribution >= 0.6 is 11.6 Å². The summed E-state index contributed by atoms with van der Waals surface area (Å²) in [5.74, 6) is -0.0495. The van der Waals surface area contributed by atoms with Crippen LogP contribution in [-0.4, -0.2) is 33.4 Å². The summed E-state index contributed by atoms with van der Waals surface area (Å²) < 4.78 is 0. The van der Waals surface area contributed by atoms with Crippen LogP contribution in [0.3, 0.4) is 0 Å². The molecule has 5 heteroatoms. The Bertz CT molecular complexity index is 410. The zero-order chi connectivity index (χ0) is 12.3. The third-order valence-corrected chi connectivity index (χ3v) is 3.37. The van der Waals surface area contributed by atoms with Crippen molar-refractivity contribution in [3.05, 3.63) is 23.2 Å². The van der Waals surface area contributed by atoms with Crippen LogP contribution in [0.1, 0.15) is 43.1 Å². The fourth-order valence-corrected chi connectivity index (χ4v) is 2.43. The van der Waals surface area contributed by atoms with Gasteiger partial charge in [0.15, 0.2) is 0 Å². The Morgan fingerprint density at radius 1 is 1.53 bits per heavy atom. The van der Waals surface area contributed by atoms with Crippen LogP contribution < -0.4 is 0 Å². The quantitative estimate of drug-likeness (QED) is 0.814. The van der Waals surface area contributed by atoms with E-state index in [1.54, 1.807) is 0 Å². The van der Waals surface area contributed by atoms with E-state index in [0.29, 0.717) is 11.7 Å². The predicted molar refractivity (Wildman–Crippen MR) is 66.0 cm³/mol. The number of carbonyl (C=O) groups excluding carboxylic acids is 1. The van der Waals surface area contributed by atoms with E-state index in [1.807, 2.05) is 4.90 Å². The van der Waals surface area contributed by atoms with Gasteiger partial charge in [-0.3, -0.25) is 9.78 Å². The summed E-state index contributed by atoms with van der Waals surface area (Å²) >= 11 is 5.75. The van der Waals surface area contributed by atoms with Crippen LogP contribution in [0.15, 0.2) is 12.4 Å². The molecule has 92 valence electrons. The van der Waals surface area contributed by atoms with E-state index in [4.69, 9.17) is 11.6 Å². The fraction of sp³-hybridized carbons (Fsp3) is 0.583. The lowest BCUT2D eigenvalue weighted by Crippen LogP contribution is -2.43. The van der Waals surface area contributed by atoms with Gasteiger partial charge in [0, 0.05) is 12.6 Å². The van der Waals surface area contributed by atoms with Gasteiger partial charge in [0.05, 0.1) is 12.4 Å². The summed E-state index contributed by atoms with van der Waals surface area (Å²) in [5, 5.41) is 0.265. The molecule has 1 aliphatic rings. The molecule has 1 aromatic heterocycles. The first-order valence-electron chi connectivity index (χ1n) is 6.01. The van der Waals surface area contributed by atoms with Gasteiger partial charge in [0.1, 0.15) is 10.8 Å². The Kier molecular flexibility index (Phi) is 3.94. The smallest absolute Gasteiger partial charge is 0.274 e. The van der Waals surface area contributed by atoms with Crippen molar-refractivity contribution in [1.82, 2.24) is 14.9 Å². The summed E-state index contributed by atoms with van der Waals surface area (Å²) in [6.45, 7) is 2.92. The lowest BCUT2D eigenvalue weighted by atomic mass is 10.00. The second kappa shape index (κ2) is 5.45. The Hall–Kier alpha value is -1.16. The average Bonchev–Trinajstić information content (AvgIpc) is 2.38.